The van der Waals surface area contributed by atoms with Gasteiger partial charge in [0, 0.05) is 31.8 Å². The van der Waals surface area contributed by atoms with Crippen LogP contribution in [-0.2, 0) is 4.74 Å². The molecule has 2 rings (SSSR count). The van der Waals surface area contributed by atoms with E-state index in [2.05, 4.69) is 24.1 Å². The highest BCUT2D eigenvalue weighted by Crippen LogP contribution is 2.26. The van der Waals surface area contributed by atoms with E-state index in [0.29, 0.717) is 11.6 Å². The quantitative estimate of drug-likeness (QED) is 0.788. The first-order valence-corrected chi connectivity index (χ1v) is 7.88. The Kier molecular flexibility index (Phi) is 5.46. The van der Waals surface area contributed by atoms with Gasteiger partial charge in [0.2, 0.25) is 0 Å². The minimum atomic E-state index is 0.411. The first-order valence-electron chi connectivity index (χ1n) is 7.88. The molecular weight excluding hydrogens is 224 g/mol. The van der Waals surface area contributed by atoms with Crippen LogP contribution in [0.2, 0.25) is 0 Å². The van der Waals surface area contributed by atoms with Crippen molar-refractivity contribution in [1.82, 2.24) is 10.2 Å². The van der Waals surface area contributed by atoms with Gasteiger partial charge in [-0.1, -0.05) is 13.8 Å². The summed E-state index contributed by atoms with van der Waals surface area (Å²) in [7, 11) is 0. The summed E-state index contributed by atoms with van der Waals surface area (Å²) in [4.78, 5) is 2.73. The van der Waals surface area contributed by atoms with E-state index in [1.54, 1.807) is 0 Å². The Morgan fingerprint density at radius 2 is 2.17 bits per heavy atom. The molecule has 1 N–H and O–H groups in total. The fourth-order valence-electron chi connectivity index (χ4n) is 3.56. The Morgan fingerprint density at radius 3 is 2.83 bits per heavy atom. The third-order valence-corrected chi connectivity index (χ3v) is 4.98. The SMILES string of the molecule is CCC1(CC)CNCCN1CCCC1CCCO1. The molecule has 2 fully saturated rings. The van der Waals surface area contributed by atoms with Crippen molar-refractivity contribution in [2.45, 2.75) is 64.0 Å². The van der Waals surface area contributed by atoms with E-state index in [1.807, 2.05) is 0 Å². The molecule has 0 aliphatic carbocycles. The summed E-state index contributed by atoms with van der Waals surface area (Å²) < 4.78 is 5.72. The average molecular weight is 254 g/mol. The van der Waals surface area contributed by atoms with Crippen LogP contribution < -0.4 is 5.32 Å². The van der Waals surface area contributed by atoms with E-state index in [0.717, 1.165) is 13.2 Å². The maximum atomic E-state index is 5.72. The second-order valence-electron chi connectivity index (χ2n) is 5.87. The third kappa shape index (κ3) is 3.25. The molecule has 3 nitrogen and oxygen atoms in total. The van der Waals surface area contributed by atoms with Crippen LogP contribution in [0.25, 0.3) is 0 Å². The van der Waals surface area contributed by atoms with Gasteiger partial charge in [0.15, 0.2) is 0 Å². The minimum absolute atomic E-state index is 0.411. The molecule has 2 heterocycles. The molecule has 0 saturated carbocycles. The topological polar surface area (TPSA) is 24.5 Å². The molecule has 1 atom stereocenters. The Bertz CT molecular complexity index is 235. The number of nitrogens with zero attached hydrogens (tertiary/aromatic N) is 1. The van der Waals surface area contributed by atoms with Crippen LogP contribution in [0.4, 0.5) is 0 Å². The molecule has 2 aliphatic heterocycles. The summed E-state index contributed by atoms with van der Waals surface area (Å²) in [5.74, 6) is 0. The normalized spacial score (nSPS) is 28.7. The second-order valence-corrected chi connectivity index (χ2v) is 5.87. The Morgan fingerprint density at radius 1 is 1.33 bits per heavy atom. The summed E-state index contributed by atoms with van der Waals surface area (Å²) in [5, 5.41) is 3.57. The van der Waals surface area contributed by atoms with Gasteiger partial charge < -0.3 is 10.1 Å². The Labute approximate surface area is 112 Å². The number of ether oxygens (including phenoxy) is 1. The highest BCUT2D eigenvalue weighted by molar-refractivity contribution is 4.94. The molecule has 0 radical (unpaired) electrons. The van der Waals surface area contributed by atoms with Gasteiger partial charge in [-0.2, -0.15) is 0 Å². The lowest BCUT2D eigenvalue weighted by atomic mass is 9.88. The summed E-state index contributed by atoms with van der Waals surface area (Å²) >= 11 is 0. The first kappa shape index (κ1) is 14.3. The molecule has 18 heavy (non-hydrogen) atoms. The van der Waals surface area contributed by atoms with Crippen molar-refractivity contribution in [1.29, 1.82) is 0 Å². The molecule has 1 unspecified atom stereocenters. The maximum absolute atomic E-state index is 5.72. The predicted molar refractivity (Wildman–Crippen MR) is 76.0 cm³/mol. The van der Waals surface area contributed by atoms with Gasteiger partial charge >= 0.3 is 0 Å². The van der Waals surface area contributed by atoms with Gasteiger partial charge in [0.1, 0.15) is 0 Å². The number of piperazine rings is 1. The average Bonchev–Trinajstić information content (AvgIpc) is 2.93. The van der Waals surface area contributed by atoms with Crippen molar-refractivity contribution in [2.75, 3.05) is 32.8 Å². The van der Waals surface area contributed by atoms with E-state index in [4.69, 9.17) is 4.74 Å². The largest absolute Gasteiger partial charge is 0.378 e. The van der Waals surface area contributed by atoms with Gasteiger partial charge in [-0.25, -0.2) is 0 Å². The lowest BCUT2D eigenvalue weighted by Gasteiger charge is -2.47. The zero-order valence-electron chi connectivity index (χ0n) is 12.2. The van der Waals surface area contributed by atoms with Crippen LogP contribution in [0.3, 0.4) is 0 Å². The van der Waals surface area contributed by atoms with Crippen molar-refractivity contribution in [2.24, 2.45) is 0 Å². The molecule has 0 amide bonds. The summed E-state index contributed by atoms with van der Waals surface area (Å²) in [5.41, 5.74) is 0.411. The first-order chi connectivity index (χ1) is 8.80. The van der Waals surface area contributed by atoms with Crippen molar-refractivity contribution < 1.29 is 4.74 Å². The van der Waals surface area contributed by atoms with E-state index in [-0.39, 0.29) is 0 Å². The third-order valence-electron chi connectivity index (χ3n) is 4.98. The summed E-state index contributed by atoms with van der Waals surface area (Å²) in [6.45, 7) is 10.5. The minimum Gasteiger partial charge on any atom is -0.378 e. The van der Waals surface area contributed by atoms with Crippen LogP contribution in [0.1, 0.15) is 52.4 Å². The van der Waals surface area contributed by atoms with Gasteiger partial charge in [0.05, 0.1) is 6.10 Å². The van der Waals surface area contributed by atoms with Crippen LogP contribution in [0.15, 0.2) is 0 Å². The van der Waals surface area contributed by atoms with Gasteiger partial charge in [-0.15, -0.1) is 0 Å². The second kappa shape index (κ2) is 6.88. The Balaban J connectivity index is 1.78. The van der Waals surface area contributed by atoms with Crippen LogP contribution in [0.5, 0.6) is 0 Å². The molecular formula is C15H30N2O. The van der Waals surface area contributed by atoms with Crippen LogP contribution >= 0.6 is 0 Å². The fraction of sp³-hybridized carbons (Fsp3) is 1.00. The van der Waals surface area contributed by atoms with Crippen LogP contribution in [-0.4, -0.2) is 49.3 Å². The van der Waals surface area contributed by atoms with Crippen molar-refractivity contribution in [3.63, 3.8) is 0 Å². The van der Waals surface area contributed by atoms with E-state index in [1.165, 1.54) is 58.2 Å². The van der Waals surface area contributed by atoms with Crippen molar-refractivity contribution in [3.8, 4) is 0 Å². The Hall–Kier alpha value is -0.120. The van der Waals surface area contributed by atoms with Gasteiger partial charge in [-0.05, 0) is 45.1 Å². The molecule has 0 aromatic carbocycles. The van der Waals surface area contributed by atoms with Gasteiger partial charge in [0.25, 0.3) is 0 Å². The highest BCUT2D eigenvalue weighted by atomic mass is 16.5. The molecule has 2 aliphatic rings. The monoisotopic (exact) mass is 254 g/mol. The lowest BCUT2D eigenvalue weighted by molar-refractivity contribution is 0.0430. The molecule has 0 aromatic rings. The predicted octanol–water partition coefficient (Wildman–Crippen LogP) is 2.41. The zero-order valence-corrected chi connectivity index (χ0v) is 12.2. The number of hydrogen-bond donors (Lipinski definition) is 1. The zero-order chi connectivity index (χ0) is 12.8. The van der Waals surface area contributed by atoms with E-state index >= 15 is 0 Å². The summed E-state index contributed by atoms with van der Waals surface area (Å²) in [6.07, 6.45) is 8.19. The molecule has 106 valence electrons. The molecule has 3 heteroatoms. The van der Waals surface area contributed by atoms with Crippen molar-refractivity contribution in [3.05, 3.63) is 0 Å². The van der Waals surface area contributed by atoms with E-state index < -0.39 is 0 Å². The maximum Gasteiger partial charge on any atom is 0.0576 e. The fourth-order valence-corrected chi connectivity index (χ4v) is 3.56. The van der Waals surface area contributed by atoms with Crippen molar-refractivity contribution >= 4 is 0 Å². The molecule has 0 aromatic heterocycles. The number of hydrogen-bond acceptors (Lipinski definition) is 3. The molecule has 0 bridgehead atoms. The standard InChI is InChI=1S/C15H30N2O/c1-3-15(4-2)13-16-9-11-17(15)10-5-7-14-8-6-12-18-14/h14,16H,3-13H2,1-2H3. The molecule has 0 spiro atoms. The lowest BCUT2D eigenvalue weighted by Crippen LogP contribution is -2.60. The molecule has 2 saturated heterocycles. The smallest absolute Gasteiger partial charge is 0.0576 e. The summed E-state index contributed by atoms with van der Waals surface area (Å²) in [6, 6.07) is 0. The highest BCUT2D eigenvalue weighted by Gasteiger charge is 2.35. The van der Waals surface area contributed by atoms with Gasteiger partial charge in [-0.3, -0.25) is 4.90 Å². The number of rotatable bonds is 6. The number of nitrogens with one attached hydrogen (secondary N) is 1. The van der Waals surface area contributed by atoms with Crippen LogP contribution in [0, 0.1) is 0 Å². The van der Waals surface area contributed by atoms with E-state index in [9.17, 15) is 0 Å².